The van der Waals surface area contributed by atoms with Gasteiger partial charge >= 0.3 is 0 Å². The molecule has 2 aliphatic rings. The van der Waals surface area contributed by atoms with Gasteiger partial charge in [0.2, 0.25) is 0 Å². The number of nitrogens with one attached hydrogen (secondary N) is 2. The Balaban J connectivity index is 1.26. The third kappa shape index (κ3) is 6.89. The summed E-state index contributed by atoms with van der Waals surface area (Å²) in [5.41, 5.74) is 2.66. The number of ether oxygens (including phenoxy) is 1. The fraction of sp³-hybridized carbons (Fsp3) is 0.696. The van der Waals surface area contributed by atoms with Gasteiger partial charge in [-0.05, 0) is 63.8 Å². The van der Waals surface area contributed by atoms with E-state index < -0.39 is 0 Å². The van der Waals surface area contributed by atoms with Gasteiger partial charge in [0, 0.05) is 58.6 Å². The van der Waals surface area contributed by atoms with Crippen LogP contribution in [0.15, 0.2) is 29.3 Å². The monoisotopic (exact) mass is 401 g/mol. The number of aliphatic imine (C=N–C) groups is 1. The van der Waals surface area contributed by atoms with E-state index in [9.17, 15) is 0 Å². The molecule has 2 saturated heterocycles. The van der Waals surface area contributed by atoms with Gasteiger partial charge in [0.25, 0.3) is 0 Å². The number of aryl methyl sites for hydroxylation is 1. The van der Waals surface area contributed by atoms with Crippen molar-refractivity contribution >= 4 is 11.6 Å². The molecule has 1 aromatic rings. The van der Waals surface area contributed by atoms with Crippen LogP contribution in [-0.2, 0) is 4.74 Å². The molecular weight excluding hydrogens is 362 g/mol. The second-order valence-corrected chi connectivity index (χ2v) is 8.63. The van der Waals surface area contributed by atoms with E-state index in [1.165, 1.54) is 24.2 Å². The summed E-state index contributed by atoms with van der Waals surface area (Å²) in [5.74, 6) is 0.883. The SMILES string of the molecule is CN=C(NCCCCN1CCN(c2cccc(C)c2)CC1)NCC1(C)CCCO1. The van der Waals surface area contributed by atoms with E-state index in [0.29, 0.717) is 0 Å². The minimum Gasteiger partial charge on any atom is -0.373 e. The topological polar surface area (TPSA) is 52.1 Å². The largest absolute Gasteiger partial charge is 0.373 e. The first-order valence-corrected chi connectivity index (χ1v) is 11.2. The standard InChI is InChI=1S/C23H39N5O/c1-20-8-6-9-21(18-20)28-15-13-27(14-16-28)12-5-4-11-25-22(24-3)26-19-23(2)10-7-17-29-23/h6,8-9,18H,4-5,7,10-17,19H2,1-3H3,(H2,24,25,26). The average molecular weight is 402 g/mol. The van der Waals surface area contributed by atoms with Crippen molar-refractivity contribution in [2.45, 2.75) is 45.1 Å². The number of hydrogen-bond donors (Lipinski definition) is 2. The van der Waals surface area contributed by atoms with E-state index >= 15 is 0 Å². The summed E-state index contributed by atoms with van der Waals surface area (Å²) in [5, 5.41) is 6.85. The maximum Gasteiger partial charge on any atom is 0.191 e. The molecule has 0 amide bonds. The Bertz CT molecular complexity index is 648. The van der Waals surface area contributed by atoms with Crippen LogP contribution < -0.4 is 15.5 Å². The number of hydrogen-bond acceptors (Lipinski definition) is 4. The van der Waals surface area contributed by atoms with Crippen molar-refractivity contribution in [3.8, 4) is 0 Å². The van der Waals surface area contributed by atoms with Crippen LogP contribution in [0.3, 0.4) is 0 Å². The van der Waals surface area contributed by atoms with Crippen molar-refractivity contribution in [2.75, 3.05) is 64.4 Å². The highest BCUT2D eigenvalue weighted by molar-refractivity contribution is 5.79. The zero-order valence-electron chi connectivity index (χ0n) is 18.5. The van der Waals surface area contributed by atoms with Gasteiger partial charge in [-0.2, -0.15) is 0 Å². The molecule has 2 aliphatic heterocycles. The summed E-state index contributed by atoms with van der Waals surface area (Å²) < 4.78 is 5.83. The quantitative estimate of drug-likeness (QED) is 0.398. The molecule has 3 rings (SSSR count). The Morgan fingerprint density at radius 3 is 2.69 bits per heavy atom. The van der Waals surface area contributed by atoms with Crippen molar-refractivity contribution < 1.29 is 4.74 Å². The van der Waals surface area contributed by atoms with Crippen LogP contribution in [0.2, 0.25) is 0 Å². The van der Waals surface area contributed by atoms with Crippen molar-refractivity contribution in [3.63, 3.8) is 0 Å². The van der Waals surface area contributed by atoms with Crippen LogP contribution in [0.25, 0.3) is 0 Å². The molecule has 0 radical (unpaired) electrons. The molecule has 6 heteroatoms. The number of anilines is 1. The normalized spacial score (nSPS) is 23.4. The molecule has 162 valence electrons. The van der Waals surface area contributed by atoms with Crippen molar-refractivity contribution in [3.05, 3.63) is 29.8 Å². The molecule has 1 unspecified atom stereocenters. The van der Waals surface area contributed by atoms with Crippen molar-refractivity contribution in [1.82, 2.24) is 15.5 Å². The molecule has 0 aliphatic carbocycles. The van der Waals surface area contributed by atoms with Crippen molar-refractivity contribution in [2.24, 2.45) is 4.99 Å². The number of rotatable bonds is 8. The van der Waals surface area contributed by atoms with E-state index in [4.69, 9.17) is 4.74 Å². The summed E-state index contributed by atoms with van der Waals surface area (Å²) in [6.07, 6.45) is 4.65. The van der Waals surface area contributed by atoms with Crippen LogP contribution in [0, 0.1) is 6.92 Å². The first kappa shape index (κ1) is 21.9. The molecule has 1 atom stereocenters. The summed E-state index contributed by atoms with van der Waals surface area (Å²) in [6.45, 7) is 12.7. The van der Waals surface area contributed by atoms with Crippen LogP contribution in [0.4, 0.5) is 5.69 Å². The highest BCUT2D eigenvalue weighted by Crippen LogP contribution is 2.23. The van der Waals surface area contributed by atoms with Gasteiger partial charge in [-0.3, -0.25) is 9.89 Å². The second-order valence-electron chi connectivity index (χ2n) is 8.63. The Labute approximate surface area is 176 Å². The number of unbranched alkanes of at least 4 members (excludes halogenated alkanes) is 1. The lowest BCUT2D eigenvalue weighted by Crippen LogP contribution is -2.47. The Hall–Kier alpha value is -1.79. The first-order valence-electron chi connectivity index (χ1n) is 11.2. The molecule has 2 fully saturated rings. The predicted molar refractivity (Wildman–Crippen MR) is 122 cm³/mol. The van der Waals surface area contributed by atoms with E-state index in [-0.39, 0.29) is 5.60 Å². The molecule has 0 bridgehead atoms. The van der Waals surface area contributed by atoms with Gasteiger partial charge in [0.05, 0.1) is 5.60 Å². The molecule has 0 aromatic heterocycles. The zero-order chi connectivity index (χ0) is 20.5. The molecule has 2 heterocycles. The minimum atomic E-state index is -0.0434. The molecule has 0 saturated carbocycles. The predicted octanol–water partition coefficient (Wildman–Crippen LogP) is 2.63. The van der Waals surface area contributed by atoms with E-state index in [1.54, 1.807) is 0 Å². The fourth-order valence-electron chi connectivity index (χ4n) is 4.19. The fourth-order valence-corrected chi connectivity index (χ4v) is 4.19. The number of piperazine rings is 1. The van der Waals surface area contributed by atoms with E-state index in [2.05, 4.69) is 63.5 Å². The summed E-state index contributed by atoms with van der Waals surface area (Å²) in [7, 11) is 1.83. The van der Waals surface area contributed by atoms with E-state index in [1.807, 2.05) is 7.05 Å². The van der Waals surface area contributed by atoms with Gasteiger partial charge < -0.3 is 20.3 Å². The molecular formula is C23H39N5O. The zero-order valence-corrected chi connectivity index (χ0v) is 18.5. The molecule has 6 nitrogen and oxygen atoms in total. The van der Waals surface area contributed by atoms with Crippen molar-refractivity contribution in [1.29, 1.82) is 0 Å². The maximum absolute atomic E-state index is 5.83. The molecule has 29 heavy (non-hydrogen) atoms. The molecule has 2 N–H and O–H groups in total. The maximum atomic E-state index is 5.83. The first-order chi connectivity index (χ1) is 14.1. The lowest BCUT2D eigenvalue weighted by atomic mass is 10.0. The van der Waals surface area contributed by atoms with E-state index in [0.717, 1.165) is 71.1 Å². The average Bonchev–Trinajstić information content (AvgIpc) is 3.17. The summed E-state index contributed by atoms with van der Waals surface area (Å²) in [6, 6.07) is 8.85. The van der Waals surface area contributed by atoms with Crippen LogP contribution >= 0.6 is 0 Å². The van der Waals surface area contributed by atoms with Gasteiger partial charge in [0.1, 0.15) is 0 Å². The second kappa shape index (κ2) is 10.8. The Morgan fingerprint density at radius 2 is 2.00 bits per heavy atom. The minimum absolute atomic E-state index is 0.0434. The number of benzene rings is 1. The highest BCUT2D eigenvalue weighted by Gasteiger charge is 2.29. The third-order valence-corrected chi connectivity index (χ3v) is 6.09. The van der Waals surface area contributed by atoms with Gasteiger partial charge in [0.15, 0.2) is 5.96 Å². The molecule has 1 aromatic carbocycles. The van der Waals surface area contributed by atoms with Gasteiger partial charge in [-0.15, -0.1) is 0 Å². The Morgan fingerprint density at radius 1 is 1.17 bits per heavy atom. The lowest BCUT2D eigenvalue weighted by Gasteiger charge is -2.36. The molecule has 0 spiro atoms. The lowest BCUT2D eigenvalue weighted by molar-refractivity contribution is 0.0243. The Kier molecular flexibility index (Phi) is 8.19. The van der Waals surface area contributed by atoms with Gasteiger partial charge in [-0.25, -0.2) is 0 Å². The van der Waals surface area contributed by atoms with Crippen LogP contribution in [-0.4, -0.2) is 75.9 Å². The summed E-state index contributed by atoms with van der Waals surface area (Å²) in [4.78, 5) is 9.44. The smallest absolute Gasteiger partial charge is 0.191 e. The number of guanidine groups is 1. The van der Waals surface area contributed by atoms with Crippen LogP contribution in [0.1, 0.15) is 38.2 Å². The number of nitrogens with zero attached hydrogens (tertiary/aromatic N) is 3. The highest BCUT2D eigenvalue weighted by atomic mass is 16.5. The summed E-state index contributed by atoms with van der Waals surface area (Å²) >= 11 is 0. The van der Waals surface area contributed by atoms with Crippen LogP contribution in [0.5, 0.6) is 0 Å². The van der Waals surface area contributed by atoms with Gasteiger partial charge in [-0.1, -0.05) is 12.1 Å². The third-order valence-electron chi connectivity index (χ3n) is 6.09.